The summed E-state index contributed by atoms with van der Waals surface area (Å²) in [6.45, 7) is 11.7. The lowest BCUT2D eigenvalue weighted by atomic mass is 10.1. The first-order valence-electron chi connectivity index (χ1n) is 12.6. The van der Waals surface area contributed by atoms with Crippen LogP contribution in [-0.2, 0) is 11.3 Å². The number of thiocarbonyl (C=S) groups is 1. The van der Waals surface area contributed by atoms with Crippen LogP contribution in [0.2, 0.25) is 0 Å². The topological polar surface area (TPSA) is 45.5 Å². The SMILES string of the molecule is CCN1/C(=C\C(C)=c2\sc(=C=C=C3SC(=S)N(c4ccccc4)C3=O)n(CC)c2=O)Sc2cc(C)c(C)cc21. The number of benzene rings is 2. The second-order valence-electron chi connectivity index (χ2n) is 9.13. The Morgan fingerprint density at radius 2 is 1.72 bits per heavy atom. The number of nitrogens with zero attached hydrogens (tertiary/aromatic N) is 3. The van der Waals surface area contributed by atoms with Crippen LogP contribution in [0.15, 0.2) is 73.9 Å². The van der Waals surface area contributed by atoms with E-state index < -0.39 is 0 Å². The van der Waals surface area contributed by atoms with Crippen LogP contribution < -0.4 is 24.6 Å². The van der Waals surface area contributed by atoms with Crippen molar-refractivity contribution in [3.05, 3.63) is 94.9 Å². The van der Waals surface area contributed by atoms with Crippen LogP contribution in [0.3, 0.4) is 0 Å². The van der Waals surface area contributed by atoms with Gasteiger partial charge in [-0.1, -0.05) is 42.2 Å². The zero-order valence-corrected chi connectivity index (χ0v) is 25.6. The molecule has 39 heavy (non-hydrogen) atoms. The molecule has 3 heterocycles. The molecule has 5 rings (SSSR count). The minimum absolute atomic E-state index is 0.0618. The van der Waals surface area contributed by atoms with Crippen LogP contribution in [0.25, 0.3) is 11.3 Å². The van der Waals surface area contributed by atoms with Gasteiger partial charge in [0.1, 0.15) is 4.91 Å². The van der Waals surface area contributed by atoms with Crippen LogP contribution in [-0.4, -0.2) is 21.3 Å². The molecule has 3 aromatic rings. The predicted molar refractivity (Wildman–Crippen MR) is 170 cm³/mol. The van der Waals surface area contributed by atoms with Crippen molar-refractivity contribution < 1.29 is 4.79 Å². The summed E-state index contributed by atoms with van der Waals surface area (Å²) in [5.74, 6) is -0.235. The van der Waals surface area contributed by atoms with E-state index in [9.17, 15) is 9.59 Å². The van der Waals surface area contributed by atoms with Gasteiger partial charge in [0, 0.05) is 18.0 Å². The van der Waals surface area contributed by atoms with Crippen LogP contribution in [0.4, 0.5) is 11.4 Å². The number of aromatic nitrogens is 1. The number of thioether (sulfide) groups is 2. The molecule has 1 amide bonds. The van der Waals surface area contributed by atoms with Gasteiger partial charge in [-0.3, -0.25) is 19.1 Å². The Balaban J connectivity index is 1.59. The number of aryl methyl sites for hydroxylation is 2. The molecule has 9 heteroatoms. The summed E-state index contributed by atoms with van der Waals surface area (Å²) in [6, 6.07) is 13.8. The van der Waals surface area contributed by atoms with Gasteiger partial charge in [0.2, 0.25) is 0 Å². The number of anilines is 2. The number of carbonyl (C=O) groups is 1. The number of hydrogen-bond acceptors (Lipinski definition) is 7. The Labute approximate surface area is 245 Å². The number of thiazole rings is 1. The fourth-order valence-electron chi connectivity index (χ4n) is 4.43. The molecule has 0 saturated carbocycles. The number of hydrogen-bond donors (Lipinski definition) is 0. The number of para-hydroxylation sites is 1. The van der Waals surface area contributed by atoms with Crippen molar-refractivity contribution in [2.24, 2.45) is 0 Å². The van der Waals surface area contributed by atoms with Gasteiger partial charge in [0.05, 0.1) is 20.9 Å². The molecule has 1 saturated heterocycles. The highest BCUT2D eigenvalue weighted by molar-refractivity contribution is 8.27. The fourth-order valence-corrected chi connectivity index (χ4v) is 7.94. The molecule has 0 atom stereocenters. The lowest BCUT2D eigenvalue weighted by Crippen LogP contribution is -2.31. The van der Waals surface area contributed by atoms with E-state index in [4.69, 9.17) is 12.2 Å². The maximum Gasteiger partial charge on any atom is 0.279 e. The molecular weight excluding hydrogens is 563 g/mol. The minimum Gasteiger partial charge on any atom is -0.335 e. The highest BCUT2D eigenvalue weighted by Gasteiger charge is 2.33. The third kappa shape index (κ3) is 5.14. The minimum atomic E-state index is -0.235. The van der Waals surface area contributed by atoms with Crippen molar-refractivity contribution in [3.63, 3.8) is 0 Å². The van der Waals surface area contributed by atoms with Crippen molar-refractivity contribution >= 4 is 80.0 Å². The van der Waals surface area contributed by atoms with Gasteiger partial charge in [0.25, 0.3) is 11.5 Å². The third-order valence-corrected chi connectivity index (χ3v) is 10.2. The summed E-state index contributed by atoms with van der Waals surface area (Å²) in [4.78, 5) is 31.8. The molecule has 2 aliphatic heterocycles. The molecule has 0 bridgehead atoms. The number of allylic oxidation sites excluding steroid dienone is 1. The molecule has 0 radical (unpaired) electrons. The van der Waals surface area contributed by atoms with E-state index in [1.807, 2.05) is 44.2 Å². The Kier molecular flexibility index (Phi) is 7.92. The first kappa shape index (κ1) is 27.5. The third-order valence-electron chi connectivity index (χ3n) is 6.63. The van der Waals surface area contributed by atoms with E-state index in [1.165, 1.54) is 49.7 Å². The predicted octanol–water partition coefficient (Wildman–Crippen LogP) is 5.67. The van der Waals surface area contributed by atoms with E-state index in [0.717, 1.165) is 22.8 Å². The average molecular weight is 590 g/mol. The first-order valence-corrected chi connectivity index (χ1v) is 15.4. The van der Waals surface area contributed by atoms with E-state index >= 15 is 0 Å². The van der Waals surface area contributed by atoms with E-state index in [0.29, 0.717) is 25.0 Å². The smallest absolute Gasteiger partial charge is 0.279 e. The number of fused-ring (bicyclic) bond motifs is 1. The van der Waals surface area contributed by atoms with Gasteiger partial charge in [-0.25, -0.2) is 0 Å². The van der Waals surface area contributed by atoms with Crippen molar-refractivity contribution in [2.75, 3.05) is 16.3 Å². The van der Waals surface area contributed by atoms with Crippen molar-refractivity contribution in [1.82, 2.24) is 4.57 Å². The van der Waals surface area contributed by atoms with Crippen LogP contribution >= 0.6 is 47.1 Å². The van der Waals surface area contributed by atoms with E-state index in [-0.39, 0.29) is 11.5 Å². The lowest BCUT2D eigenvalue weighted by molar-refractivity contribution is -0.113. The second-order valence-corrected chi connectivity index (χ2v) is 12.8. The van der Waals surface area contributed by atoms with Gasteiger partial charge in [-0.05, 0) is 105 Å². The van der Waals surface area contributed by atoms with Gasteiger partial charge in [-0.15, -0.1) is 11.3 Å². The van der Waals surface area contributed by atoms with Crippen LogP contribution in [0.1, 0.15) is 31.9 Å². The quantitative estimate of drug-likeness (QED) is 0.222. The Morgan fingerprint density at radius 1 is 1.00 bits per heavy atom. The monoisotopic (exact) mass is 589 g/mol. The molecule has 1 fully saturated rings. The fraction of sp³-hybridized carbons (Fsp3) is 0.233. The average Bonchev–Trinajstić information content (AvgIpc) is 3.52. The molecule has 0 unspecified atom stereocenters. The second kappa shape index (κ2) is 11.2. The zero-order chi connectivity index (χ0) is 27.8. The molecule has 198 valence electrons. The van der Waals surface area contributed by atoms with E-state index in [2.05, 4.69) is 55.3 Å². The standard InChI is InChI=1S/C30H27N3O2S4/c1-6-31-22-15-18(3)19(4)16-24(22)37-26(31)17-20(5)27-29(35)32(7-2)25(39-27)14-13-23-28(34)33(30(36)38-23)21-11-9-8-10-12-21/h8-12,15-17H,6-7H2,1-5H3/b25-23?,26-17+,27-20+. The van der Waals surface area contributed by atoms with Crippen LogP contribution in [0.5, 0.6) is 0 Å². The lowest BCUT2D eigenvalue weighted by Gasteiger charge is -2.18. The molecule has 2 aromatic carbocycles. The van der Waals surface area contributed by atoms with Crippen molar-refractivity contribution in [2.45, 2.75) is 46.1 Å². The zero-order valence-electron chi connectivity index (χ0n) is 22.3. The molecule has 2 aliphatic rings. The highest BCUT2D eigenvalue weighted by Crippen LogP contribution is 2.47. The van der Waals surface area contributed by atoms with Crippen molar-refractivity contribution in [1.29, 1.82) is 0 Å². The number of carbonyl (C=O) groups excluding carboxylic acids is 1. The number of amides is 1. The molecule has 0 spiro atoms. The maximum absolute atomic E-state index is 13.4. The number of rotatable bonds is 4. The summed E-state index contributed by atoms with van der Waals surface area (Å²) >= 11 is 9.75. The normalized spacial score (nSPS) is 16.6. The van der Waals surface area contributed by atoms with Gasteiger partial charge >= 0.3 is 0 Å². The maximum atomic E-state index is 13.4. The highest BCUT2D eigenvalue weighted by atomic mass is 32.2. The van der Waals surface area contributed by atoms with Gasteiger partial charge < -0.3 is 4.90 Å². The van der Waals surface area contributed by atoms with Crippen LogP contribution in [0, 0.1) is 13.8 Å². The Bertz CT molecular complexity index is 1800. The first-order chi connectivity index (χ1) is 18.7. The molecular formula is C30H27N3O2S4. The Hall–Kier alpha value is -3.03. The summed E-state index contributed by atoms with van der Waals surface area (Å²) in [5, 5.41) is 1.11. The molecule has 0 aliphatic carbocycles. The summed E-state index contributed by atoms with van der Waals surface area (Å²) < 4.78 is 3.41. The van der Waals surface area contributed by atoms with Gasteiger partial charge in [-0.2, -0.15) is 0 Å². The molecule has 1 aromatic heterocycles. The molecule has 5 nitrogen and oxygen atoms in total. The van der Waals surface area contributed by atoms with Crippen molar-refractivity contribution in [3.8, 4) is 0 Å². The molecule has 0 N–H and O–H groups in total. The van der Waals surface area contributed by atoms with Gasteiger partial charge in [0.15, 0.2) is 8.98 Å². The Morgan fingerprint density at radius 3 is 2.41 bits per heavy atom. The van der Waals surface area contributed by atoms with E-state index in [1.54, 1.807) is 16.3 Å². The summed E-state index contributed by atoms with van der Waals surface area (Å²) in [6.07, 6.45) is 2.10. The summed E-state index contributed by atoms with van der Waals surface area (Å²) in [5.41, 5.74) is 11.4. The largest absolute Gasteiger partial charge is 0.335 e. The summed E-state index contributed by atoms with van der Waals surface area (Å²) in [7, 11) is 0.